The molecule has 0 aromatic rings. The Hall–Kier alpha value is -0.650. The number of likely N-dealkylation sites (N-methyl/N-ethyl adjacent to an activating group) is 1. The van der Waals surface area contributed by atoms with Crippen LogP contribution in [0, 0.1) is 0 Å². The van der Waals surface area contributed by atoms with Gasteiger partial charge in [-0.1, -0.05) is 0 Å². The Morgan fingerprint density at radius 2 is 2.41 bits per heavy atom. The number of hydrogen-bond acceptors (Lipinski definition) is 4. The monoisotopic (exact) mass is 241 g/mol. The number of rotatable bonds is 3. The fourth-order valence-electron chi connectivity index (χ4n) is 2.50. The molecule has 1 amide bonds. The lowest BCUT2D eigenvalue weighted by molar-refractivity contribution is -0.139. The van der Waals surface area contributed by atoms with Gasteiger partial charge in [-0.2, -0.15) is 0 Å². The third-order valence-electron chi connectivity index (χ3n) is 3.64. The Morgan fingerprint density at radius 3 is 3.06 bits per heavy atom. The van der Waals surface area contributed by atoms with Crippen LogP contribution in [0.3, 0.4) is 0 Å². The maximum Gasteiger partial charge on any atom is 0.236 e. The molecule has 2 rings (SSSR count). The number of amides is 1. The molecule has 0 aromatic heterocycles. The number of carbonyl (C=O) groups is 1. The fraction of sp³-hybridized carbons (Fsp3) is 0.917. The molecule has 5 heteroatoms. The summed E-state index contributed by atoms with van der Waals surface area (Å²) < 4.78 is 5.45. The molecule has 0 spiro atoms. The highest BCUT2D eigenvalue weighted by atomic mass is 16.5. The molecule has 1 N–H and O–H groups in total. The van der Waals surface area contributed by atoms with Crippen molar-refractivity contribution in [2.24, 2.45) is 0 Å². The van der Waals surface area contributed by atoms with Crippen LogP contribution in [-0.4, -0.2) is 74.2 Å². The predicted octanol–water partition coefficient (Wildman–Crippen LogP) is -0.473. The normalized spacial score (nSPS) is 29.9. The van der Waals surface area contributed by atoms with E-state index in [0.29, 0.717) is 19.2 Å². The minimum Gasteiger partial charge on any atom is -0.375 e. The van der Waals surface area contributed by atoms with E-state index in [1.165, 1.54) is 0 Å². The van der Waals surface area contributed by atoms with E-state index in [9.17, 15) is 4.79 Å². The van der Waals surface area contributed by atoms with Crippen molar-refractivity contribution >= 4 is 5.91 Å². The first-order valence-electron chi connectivity index (χ1n) is 6.47. The van der Waals surface area contributed by atoms with Gasteiger partial charge in [0.15, 0.2) is 0 Å². The Labute approximate surface area is 103 Å². The number of ether oxygens (including phenoxy) is 1. The SMILES string of the molecule is CC1CN(C(=O)CN(C)C2CCNC2)CCO1. The van der Waals surface area contributed by atoms with Crippen LogP contribution in [0.4, 0.5) is 0 Å². The van der Waals surface area contributed by atoms with Crippen LogP contribution >= 0.6 is 0 Å². The van der Waals surface area contributed by atoms with Gasteiger partial charge in [0.1, 0.15) is 0 Å². The molecule has 98 valence electrons. The van der Waals surface area contributed by atoms with Crippen molar-refractivity contribution in [3.63, 3.8) is 0 Å². The minimum absolute atomic E-state index is 0.172. The van der Waals surface area contributed by atoms with Crippen LogP contribution in [-0.2, 0) is 9.53 Å². The lowest BCUT2D eigenvalue weighted by Gasteiger charge is -2.33. The first-order chi connectivity index (χ1) is 8.16. The summed E-state index contributed by atoms with van der Waals surface area (Å²) >= 11 is 0. The van der Waals surface area contributed by atoms with Gasteiger partial charge in [0.05, 0.1) is 19.3 Å². The van der Waals surface area contributed by atoms with E-state index in [-0.39, 0.29) is 12.0 Å². The van der Waals surface area contributed by atoms with Gasteiger partial charge in [-0.15, -0.1) is 0 Å². The first-order valence-corrected chi connectivity index (χ1v) is 6.47. The largest absolute Gasteiger partial charge is 0.375 e. The number of carbonyl (C=O) groups excluding carboxylic acids is 1. The van der Waals surface area contributed by atoms with Crippen molar-refractivity contribution in [2.75, 3.05) is 46.4 Å². The summed E-state index contributed by atoms with van der Waals surface area (Å²) in [4.78, 5) is 16.2. The molecule has 0 aromatic carbocycles. The van der Waals surface area contributed by atoms with Gasteiger partial charge in [-0.25, -0.2) is 0 Å². The topological polar surface area (TPSA) is 44.8 Å². The summed E-state index contributed by atoms with van der Waals surface area (Å²) in [6, 6.07) is 0.511. The van der Waals surface area contributed by atoms with Gasteiger partial charge in [0, 0.05) is 25.7 Å². The highest BCUT2D eigenvalue weighted by molar-refractivity contribution is 5.78. The summed E-state index contributed by atoms with van der Waals surface area (Å²) in [5, 5.41) is 3.33. The van der Waals surface area contributed by atoms with Gasteiger partial charge in [0.2, 0.25) is 5.91 Å². The number of nitrogens with zero attached hydrogens (tertiary/aromatic N) is 2. The summed E-state index contributed by atoms with van der Waals surface area (Å²) in [7, 11) is 2.04. The number of hydrogen-bond donors (Lipinski definition) is 1. The van der Waals surface area contributed by atoms with Gasteiger partial charge < -0.3 is 15.0 Å². The highest BCUT2D eigenvalue weighted by Crippen LogP contribution is 2.09. The number of nitrogens with one attached hydrogen (secondary N) is 1. The number of morpholine rings is 1. The third kappa shape index (κ3) is 3.40. The molecule has 17 heavy (non-hydrogen) atoms. The molecule has 0 radical (unpaired) electrons. The van der Waals surface area contributed by atoms with Gasteiger partial charge in [-0.3, -0.25) is 9.69 Å². The molecule has 5 nitrogen and oxygen atoms in total. The van der Waals surface area contributed by atoms with Crippen LogP contribution in [0.5, 0.6) is 0 Å². The summed E-state index contributed by atoms with van der Waals surface area (Å²) in [5.74, 6) is 0.231. The van der Waals surface area contributed by atoms with Crippen molar-refractivity contribution < 1.29 is 9.53 Å². The summed E-state index contributed by atoms with van der Waals surface area (Å²) in [6.45, 7) is 6.75. The van der Waals surface area contributed by atoms with E-state index in [2.05, 4.69) is 10.2 Å². The van der Waals surface area contributed by atoms with Crippen molar-refractivity contribution in [1.29, 1.82) is 0 Å². The van der Waals surface area contributed by atoms with E-state index in [0.717, 1.165) is 32.6 Å². The lowest BCUT2D eigenvalue weighted by Crippen LogP contribution is -2.49. The van der Waals surface area contributed by atoms with Crippen molar-refractivity contribution in [3.05, 3.63) is 0 Å². The van der Waals surface area contributed by atoms with Crippen LogP contribution in [0.15, 0.2) is 0 Å². The zero-order chi connectivity index (χ0) is 12.3. The molecule has 0 saturated carbocycles. The van der Waals surface area contributed by atoms with E-state index < -0.39 is 0 Å². The van der Waals surface area contributed by atoms with Crippen molar-refractivity contribution in [2.45, 2.75) is 25.5 Å². The first kappa shape index (κ1) is 12.8. The second-order valence-electron chi connectivity index (χ2n) is 5.08. The van der Waals surface area contributed by atoms with Crippen LogP contribution in [0.1, 0.15) is 13.3 Å². The van der Waals surface area contributed by atoms with E-state index in [4.69, 9.17) is 4.74 Å². The van der Waals surface area contributed by atoms with Crippen LogP contribution in [0.25, 0.3) is 0 Å². The highest BCUT2D eigenvalue weighted by Gasteiger charge is 2.25. The van der Waals surface area contributed by atoms with Crippen molar-refractivity contribution in [3.8, 4) is 0 Å². The Kier molecular flexibility index (Phi) is 4.36. The van der Waals surface area contributed by atoms with Gasteiger partial charge in [0.25, 0.3) is 0 Å². The summed E-state index contributed by atoms with van der Waals surface area (Å²) in [5.41, 5.74) is 0. The minimum atomic E-state index is 0.172. The van der Waals surface area contributed by atoms with Crippen molar-refractivity contribution in [1.82, 2.24) is 15.1 Å². The lowest BCUT2D eigenvalue weighted by atomic mass is 10.2. The van der Waals surface area contributed by atoms with E-state index >= 15 is 0 Å². The standard InChI is InChI=1S/C12H23N3O2/c1-10-8-15(5-6-17-10)12(16)9-14(2)11-3-4-13-7-11/h10-11,13H,3-9H2,1-2H3. The fourth-order valence-corrected chi connectivity index (χ4v) is 2.50. The average molecular weight is 241 g/mol. The van der Waals surface area contributed by atoms with Crippen LogP contribution in [0.2, 0.25) is 0 Å². The Morgan fingerprint density at radius 1 is 1.59 bits per heavy atom. The molecule has 2 unspecified atom stereocenters. The van der Waals surface area contributed by atoms with E-state index in [1.807, 2.05) is 18.9 Å². The van der Waals surface area contributed by atoms with Gasteiger partial charge >= 0.3 is 0 Å². The molecule has 0 bridgehead atoms. The molecule has 2 saturated heterocycles. The molecule has 0 aliphatic carbocycles. The second-order valence-corrected chi connectivity index (χ2v) is 5.08. The smallest absolute Gasteiger partial charge is 0.236 e. The zero-order valence-electron chi connectivity index (χ0n) is 10.8. The predicted molar refractivity (Wildman–Crippen MR) is 65.9 cm³/mol. The quantitative estimate of drug-likeness (QED) is 0.725. The Balaban J connectivity index is 1.79. The molecule has 2 aliphatic heterocycles. The molecule has 2 heterocycles. The average Bonchev–Trinajstić information content (AvgIpc) is 2.82. The summed E-state index contributed by atoms with van der Waals surface area (Å²) in [6.07, 6.45) is 1.31. The third-order valence-corrected chi connectivity index (χ3v) is 3.64. The maximum atomic E-state index is 12.1. The molecule has 2 fully saturated rings. The molecular weight excluding hydrogens is 218 g/mol. The Bertz CT molecular complexity index is 266. The molecular formula is C12H23N3O2. The maximum absolute atomic E-state index is 12.1. The van der Waals surface area contributed by atoms with Gasteiger partial charge in [-0.05, 0) is 26.9 Å². The molecule has 2 aliphatic rings. The molecule has 2 atom stereocenters. The second kappa shape index (κ2) is 5.80. The zero-order valence-corrected chi connectivity index (χ0v) is 10.8. The van der Waals surface area contributed by atoms with Crippen LogP contribution < -0.4 is 5.32 Å². The van der Waals surface area contributed by atoms with E-state index in [1.54, 1.807) is 0 Å².